The lowest BCUT2D eigenvalue weighted by molar-refractivity contribution is -0.118. The predicted octanol–water partition coefficient (Wildman–Crippen LogP) is 6.89. The van der Waals surface area contributed by atoms with E-state index in [1.807, 2.05) is 42.3 Å². The maximum atomic E-state index is 13.7. The zero-order valence-electron chi connectivity index (χ0n) is 23.0. The van der Waals surface area contributed by atoms with Gasteiger partial charge in [0.2, 0.25) is 12.3 Å². The molecule has 7 nitrogen and oxygen atoms in total. The number of hydrogen-bond acceptors (Lipinski definition) is 4. The van der Waals surface area contributed by atoms with Gasteiger partial charge in [-0.3, -0.25) is 9.59 Å². The second kappa shape index (κ2) is 11.0. The van der Waals surface area contributed by atoms with Crippen LogP contribution in [0, 0.1) is 5.82 Å². The van der Waals surface area contributed by atoms with Gasteiger partial charge in [0.1, 0.15) is 11.6 Å². The molecule has 1 atom stereocenters. The molecule has 0 saturated heterocycles. The second-order valence-corrected chi connectivity index (χ2v) is 11.0. The molecule has 6 rings (SSSR count). The number of nitrogens with one attached hydrogen (secondary N) is 3. The van der Waals surface area contributed by atoms with Crippen molar-refractivity contribution in [3.8, 4) is 11.3 Å². The number of halogens is 3. The van der Waals surface area contributed by atoms with E-state index in [9.17, 15) is 22.8 Å². The number of H-pyrrole nitrogens is 1. The smallest absolute Gasteiger partial charge is 0.258 e. The van der Waals surface area contributed by atoms with Gasteiger partial charge in [0, 0.05) is 48.6 Å². The van der Waals surface area contributed by atoms with Crippen LogP contribution in [0.5, 0.6) is 0 Å². The molecule has 2 aromatic heterocycles. The van der Waals surface area contributed by atoms with Crippen molar-refractivity contribution in [2.45, 2.75) is 50.0 Å². The quantitative estimate of drug-likeness (QED) is 0.214. The van der Waals surface area contributed by atoms with Crippen molar-refractivity contribution in [2.24, 2.45) is 0 Å². The number of carbonyl (C=O) groups excluding carboxylic acids is 2. The van der Waals surface area contributed by atoms with E-state index in [1.54, 1.807) is 12.1 Å². The largest absolute Gasteiger partial charge is 0.356 e. The predicted molar refractivity (Wildman–Crippen MR) is 155 cm³/mol. The summed E-state index contributed by atoms with van der Waals surface area (Å²) < 4.78 is 40.2. The van der Waals surface area contributed by atoms with E-state index < -0.39 is 30.5 Å². The van der Waals surface area contributed by atoms with E-state index in [4.69, 9.17) is 0 Å². The van der Waals surface area contributed by atoms with Crippen LogP contribution < -0.4 is 10.6 Å². The molecule has 2 aliphatic rings. The van der Waals surface area contributed by atoms with Gasteiger partial charge >= 0.3 is 0 Å². The van der Waals surface area contributed by atoms with Crippen LogP contribution in [0.2, 0.25) is 0 Å². The maximum Gasteiger partial charge on any atom is 0.258 e. The molecule has 42 heavy (non-hydrogen) atoms. The Morgan fingerprint density at radius 3 is 2.50 bits per heavy atom. The SMILES string of the molecule is CN1C(=O)c2c([nH]c(-c3ccnc(NC(=O)[C@@H](CC(F)F)c4ccc(F)cc4)c3)c2Nc2ccccc2)CC12CCC2. The number of para-hydroxylation sites is 1. The van der Waals surface area contributed by atoms with Crippen LogP contribution in [0.1, 0.15) is 53.2 Å². The highest BCUT2D eigenvalue weighted by atomic mass is 19.3. The average molecular weight is 574 g/mol. The monoisotopic (exact) mass is 573 g/mol. The van der Waals surface area contributed by atoms with E-state index in [2.05, 4.69) is 20.6 Å². The minimum Gasteiger partial charge on any atom is -0.356 e. The van der Waals surface area contributed by atoms with Gasteiger partial charge in [-0.2, -0.15) is 0 Å². The summed E-state index contributed by atoms with van der Waals surface area (Å²) >= 11 is 0. The zero-order valence-corrected chi connectivity index (χ0v) is 23.0. The third-order valence-electron chi connectivity index (χ3n) is 8.44. The number of nitrogens with zero attached hydrogens (tertiary/aromatic N) is 2. The first-order valence-electron chi connectivity index (χ1n) is 13.9. The standard InChI is InChI=1S/C32H30F3N5O2/c1-40-31(42)27-24(18-32(40)13-5-14-32)38-28(29(27)37-22-6-3-2-4-7-22)20-12-15-36-26(16-20)39-30(41)23(17-25(34)35)19-8-10-21(33)11-9-19/h2-4,6-12,15-16,23,25,37-38H,5,13-14,17-18H2,1H3,(H,36,39,41)/t23-/m0/s1. The van der Waals surface area contributed by atoms with Crippen LogP contribution in [-0.2, 0) is 11.2 Å². The van der Waals surface area contributed by atoms with Crippen LogP contribution in [0.4, 0.5) is 30.4 Å². The number of aromatic nitrogens is 2. The molecular weight excluding hydrogens is 543 g/mol. The van der Waals surface area contributed by atoms with Crippen LogP contribution in [0.3, 0.4) is 0 Å². The van der Waals surface area contributed by atoms with Crippen molar-refractivity contribution in [2.75, 3.05) is 17.7 Å². The molecule has 0 radical (unpaired) electrons. The fraction of sp³-hybridized carbons (Fsp3) is 0.281. The molecule has 3 heterocycles. The third-order valence-corrected chi connectivity index (χ3v) is 8.44. The molecule has 1 spiro atoms. The van der Waals surface area contributed by atoms with Gasteiger partial charge in [-0.05, 0) is 61.2 Å². The highest BCUT2D eigenvalue weighted by Gasteiger charge is 2.49. The van der Waals surface area contributed by atoms with Crippen LogP contribution in [0.25, 0.3) is 11.3 Å². The lowest BCUT2D eigenvalue weighted by Crippen LogP contribution is -2.58. The van der Waals surface area contributed by atoms with Gasteiger partial charge in [0.15, 0.2) is 0 Å². The minimum atomic E-state index is -2.74. The summed E-state index contributed by atoms with van der Waals surface area (Å²) in [6.07, 6.45) is 1.73. The molecule has 1 fully saturated rings. The summed E-state index contributed by atoms with van der Waals surface area (Å²) in [5, 5.41) is 6.08. The van der Waals surface area contributed by atoms with Crippen LogP contribution >= 0.6 is 0 Å². The molecule has 2 amide bonds. The summed E-state index contributed by atoms with van der Waals surface area (Å²) in [5.41, 5.74) is 4.24. The van der Waals surface area contributed by atoms with Crippen molar-refractivity contribution in [1.29, 1.82) is 0 Å². The molecular formula is C32H30F3N5O2. The van der Waals surface area contributed by atoms with Crippen molar-refractivity contribution >= 4 is 29.0 Å². The maximum absolute atomic E-state index is 13.7. The van der Waals surface area contributed by atoms with Crippen LogP contribution in [0.15, 0.2) is 72.9 Å². The Labute approximate surface area is 241 Å². The van der Waals surface area contributed by atoms with E-state index in [-0.39, 0.29) is 22.8 Å². The second-order valence-electron chi connectivity index (χ2n) is 11.0. The Balaban J connectivity index is 1.35. The summed E-state index contributed by atoms with van der Waals surface area (Å²) in [4.78, 5) is 36.5. The van der Waals surface area contributed by atoms with Crippen molar-refractivity contribution in [1.82, 2.24) is 14.9 Å². The first kappa shape index (κ1) is 27.6. The summed E-state index contributed by atoms with van der Waals surface area (Å²) in [6, 6.07) is 17.9. The number of rotatable bonds is 8. The molecule has 3 N–H and O–H groups in total. The normalized spacial score (nSPS) is 16.2. The summed E-state index contributed by atoms with van der Waals surface area (Å²) in [5.74, 6) is -2.30. The number of amides is 2. The van der Waals surface area contributed by atoms with Crippen molar-refractivity contribution in [3.63, 3.8) is 0 Å². The highest BCUT2D eigenvalue weighted by Crippen LogP contribution is 2.47. The summed E-state index contributed by atoms with van der Waals surface area (Å²) in [6.45, 7) is 0. The number of benzene rings is 2. The van der Waals surface area contributed by atoms with Gasteiger partial charge < -0.3 is 20.5 Å². The number of pyridine rings is 1. The molecule has 4 aromatic rings. The molecule has 2 aromatic carbocycles. The number of aromatic amines is 1. The topological polar surface area (TPSA) is 90.1 Å². The molecule has 1 saturated carbocycles. The molecule has 1 aliphatic heterocycles. The summed E-state index contributed by atoms with van der Waals surface area (Å²) in [7, 11) is 1.86. The van der Waals surface area contributed by atoms with Gasteiger partial charge in [-0.15, -0.1) is 0 Å². The van der Waals surface area contributed by atoms with Gasteiger partial charge in [-0.1, -0.05) is 30.3 Å². The molecule has 216 valence electrons. The van der Waals surface area contributed by atoms with Gasteiger partial charge in [0.05, 0.1) is 22.9 Å². The number of likely N-dealkylation sites (N-methyl/N-ethyl adjacent to an activating group) is 1. The van der Waals surface area contributed by atoms with Crippen molar-refractivity contribution in [3.05, 3.63) is 95.6 Å². The van der Waals surface area contributed by atoms with Crippen molar-refractivity contribution < 1.29 is 22.8 Å². The van der Waals surface area contributed by atoms with E-state index in [1.165, 1.54) is 18.3 Å². The van der Waals surface area contributed by atoms with Crippen LogP contribution in [-0.4, -0.2) is 45.7 Å². The average Bonchev–Trinajstić information content (AvgIpc) is 3.31. The number of fused-ring (bicyclic) bond motifs is 1. The number of carbonyl (C=O) groups is 2. The first-order chi connectivity index (χ1) is 20.2. The van der Waals surface area contributed by atoms with E-state index in [0.29, 0.717) is 28.9 Å². The van der Waals surface area contributed by atoms with E-state index >= 15 is 0 Å². The Hall–Kier alpha value is -4.60. The lowest BCUT2D eigenvalue weighted by Gasteiger charge is -2.51. The number of hydrogen-bond donors (Lipinski definition) is 3. The Kier molecular flexibility index (Phi) is 7.22. The molecule has 1 aliphatic carbocycles. The van der Waals surface area contributed by atoms with Gasteiger partial charge in [-0.25, -0.2) is 18.2 Å². The number of anilines is 3. The third kappa shape index (κ3) is 5.13. The van der Waals surface area contributed by atoms with E-state index in [0.717, 1.165) is 42.8 Å². The minimum absolute atomic E-state index is 0.0615. The zero-order chi connectivity index (χ0) is 29.4. The fourth-order valence-electron chi connectivity index (χ4n) is 5.99. The first-order valence-corrected chi connectivity index (χ1v) is 13.9. The fourth-order valence-corrected chi connectivity index (χ4v) is 5.99. The molecule has 0 unspecified atom stereocenters. The lowest BCUT2D eigenvalue weighted by atomic mass is 9.70. The highest BCUT2D eigenvalue weighted by molar-refractivity contribution is 6.07. The Morgan fingerprint density at radius 2 is 1.83 bits per heavy atom. The van der Waals surface area contributed by atoms with Gasteiger partial charge in [0.25, 0.3) is 5.91 Å². The molecule has 0 bridgehead atoms. The Morgan fingerprint density at radius 1 is 1.10 bits per heavy atom. The number of alkyl halides is 2. The molecule has 10 heteroatoms. The Bertz CT molecular complexity index is 1620.